The molecular weight excluding hydrogens is 442 g/mol. The molecule has 1 aromatic heterocycles. The summed E-state index contributed by atoms with van der Waals surface area (Å²) >= 11 is 1.48. The SMILES string of the molecule is NC(=O)c1ccc2sc(C3=C(NC4CCCNC4)N=C(N4CCOCC4)NC(=O)C3)nc2c1. The number of benzene rings is 1. The smallest absolute Gasteiger partial charge is 0.248 e. The Kier molecular flexibility index (Phi) is 6.25. The first kappa shape index (κ1) is 21.8. The number of nitrogens with one attached hydrogen (secondary N) is 3. The molecule has 174 valence electrons. The van der Waals surface area contributed by atoms with Crippen molar-refractivity contribution in [2.75, 3.05) is 39.4 Å². The van der Waals surface area contributed by atoms with E-state index >= 15 is 0 Å². The average molecular weight is 470 g/mol. The summed E-state index contributed by atoms with van der Waals surface area (Å²) in [5.74, 6) is 0.580. The first-order valence-corrected chi connectivity index (χ1v) is 12.0. The molecule has 11 heteroatoms. The van der Waals surface area contributed by atoms with Crippen LogP contribution < -0.4 is 21.7 Å². The summed E-state index contributed by atoms with van der Waals surface area (Å²) in [5, 5.41) is 10.7. The van der Waals surface area contributed by atoms with E-state index in [-0.39, 0.29) is 18.4 Å². The van der Waals surface area contributed by atoms with Crippen molar-refractivity contribution in [1.82, 2.24) is 25.8 Å². The predicted octanol–water partition coefficient (Wildman–Crippen LogP) is 0.614. The van der Waals surface area contributed by atoms with E-state index in [4.69, 9.17) is 20.4 Å². The van der Waals surface area contributed by atoms with Gasteiger partial charge in [0.1, 0.15) is 10.8 Å². The van der Waals surface area contributed by atoms with Crippen molar-refractivity contribution in [3.8, 4) is 0 Å². The highest BCUT2D eigenvalue weighted by Gasteiger charge is 2.27. The van der Waals surface area contributed by atoms with Gasteiger partial charge in [0.2, 0.25) is 17.8 Å². The zero-order chi connectivity index (χ0) is 22.8. The molecule has 0 bridgehead atoms. The molecule has 2 amide bonds. The molecule has 3 aliphatic heterocycles. The Morgan fingerprint density at radius 2 is 2.15 bits per heavy atom. The fourth-order valence-electron chi connectivity index (χ4n) is 4.21. The molecule has 33 heavy (non-hydrogen) atoms. The van der Waals surface area contributed by atoms with Crippen LogP contribution in [-0.4, -0.2) is 73.1 Å². The topological polar surface area (TPSA) is 134 Å². The number of carbonyl (C=O) groups excluding carboxylic acids is 2. The molecule has 1 aromatic carbocycles. The highest BCUT2D eigenvalue weighted by Crippen LogP contribution is 2.32. The monoisotopic (exact) mass is 469 g/mol. The van der Waals surface area contributed by atoms with Gasteiger partial charge in [-0.15, -0.1) is 11.3 Å². The molecule has 2 saturated heterocycles. The number of ether oxygens (including phenoxy) is 1. The number of primary amides is 1. The van der Waals surface area contributed by atoms with Crippen LogP contribution in [0.5, 0.6) is 0 Å². The van der Waals surface area contributed by atoms with Crippen LogP contribution in [0.15, 0.2) is 29.0 Å². The molecule has 5 N–H and O–H groups in total. The molecule has 1 atom stereocenters. The molecule has 0 radical (unpaired) electrons. The van der Waals surface area contributed by atoms with Gasteiger partial charge in [-0.3, -0.25) is 14.9 Å². The summed E-state index contributed by atoms with van der Waals surface area (Å²) in [7, 11) is 0. The number of fused-ring (bicyclic) bond motifs is 1. The minimum Gasteiger partial charge on any atom is -0.378 e. The van der Waals surface area contributed by atoms with E-state index in [9.17, 15) is 9.59 Å². The van der Waals surface area contributed by atoms with E-state index in [0.29, 0.717) is 54.2 Å². The fourth-order valence-corrected chi connectivity index (χ4v) is 5.20. The summed E-state index contributed by atoms with van der Waals surface area (Å²) in [5.41, 5.74) is 7.27. The third-order valence-corrected chi connectivity index (χ3v) is 7.07. The number of nitrogens with two attached hydrogens (primary N) is 1. The number of morpholine rings is 1. The summed E-state index contributed by atoms with van der Waals surface area (Å²) in [4.78, 5) is 36.2. The van der Waals surface area contributed by atoms with Crippen molar-refractivity contribution in [2.24, 2.45) is 10.7 Å². The quantitative estimate of drug-likeness (QED) is 0.516. The van der Waals surface area contributed by atoms with Crippen LogP contribution in [-0.2, 0) is 9.53 Å². The van der Waals surface area contributed by atoms with Gasteiger partial charge in [-0.25, -0.2) is 4.98 Å². The van der Waals surface area contributed by atoms with Crippen molar-refractivity contribution in [3.05, 3.63) is 34.6 Å². The first-order chi connectivity index (χ1) is 16.1. The normalized spacial score (nSPS) is 22.1. The number of nitrogens with zero attached hydrogens (tertiary/aromatic N) is 3. The van der Waals surface area contributed by atoms with Gasteiger partial charge in [0.05, 0.1) is 29.9 Å². The lowest BCUT2D eigenvalue weighted by molar-refractivity contribution is -0.118. The molecule has 4 heterocycles. The number of rotatable bonds is 4. The molecule has 2 fully saturated rings. The predicted molar refractivity (Wildman–Crippen MR) is 127 cm³/mol. The highest BCUT2D eigenvalue weighted by atomic mass is 32.1. The minimum atomic E-state index is -0.494. The first-order valence-electron chi connectivity index (χ1n) is 11.2. The Hall–Kier alpha value is -3.02. The maximum atomic E-state index is 12.9. The zero-order valence-corrected chi connectivity index (χ0v) is 19.0. The number of aliphatic imine (C=N–C) groups is 1. The van der Waals surface area contributed by atoms with Gasteiger partial charge < -0.3 is 26.0 Å². The zero-order valence-electron chi connectivity index (χ0n) is 18.2. The molecule has 0 saturated carbocycles. The van der Waals surface area contributed by atoms with E-state index in [1.807, 2.05) is 11.0 Å². The molecule has 0 spiro atoms. The molecule has 1 unspecified atom stereocenters. The molecule has 5 rings (SSSR count). The third-order valence-electron chi connectivity index (χ3n) is 5.97. The average Bonchev–Trinajstić information content (AvgIpc) is 3.18. The highest BCUT2D eigenvalue weighted by molar-refractivity contribution is 7.19. The maximum Gasteiger partial charge on any atom is 0.248 e. The Morgan fingerprint density at radius 3 is 2.91 bits per heavy atom. The van der Waals surface area contributed by atoms with Crippen molar-refractivity contribution in [2.45, 2.75) is 25.3 Å². The van der Waals surface area contributed by atoms with E-state index in [1.54, 1.807) is 12.1 Å². The number of hydrogen-bond acceptors (Lipinski definition) is 9. The van der Waals surface area contributed by atoms with Gasteiger partial charge in [-0.1, -0.05) is 0 Å². The Balaban J connectivity index is 1.57. The van der Waals surface area contributed by atoms with Crippen molar-refractivity contribution in [1.29, 1.82) is 0 Å². The van der Waals surface area contributed by atoms with Crippen molar-refractivity contribution >= 4 is 44.9 Å². The number of hydrogen-bond donors (Lipinski definition) is 4. The van der Waals surface area contributed by atoms with Crippen LogP contribution in [0.1, 0.15) is 34.6 Å². The van der Waals surface area contributed by atoms with Crippen LogP contribution in [0.25, 0.3) is 15.8 Å². The number of aromatic nitrogens is 1. The van der Waals surface area contributed by atoms with E-state index in [1.165, 1.54) is 11.3 Å². The summed E-state index contributed by atoms with van der Waals surface area (Å²) in [6.07, 6.45) is 2.26. The van der Waals surface area contributed by atoms with Crippen LogP contribution in [0.3, 0.4) is 0 Å². The third kappa shape index (κ3) is 4.85. The summed E-state index contributed by atoms with van der Waals surface area (Å²) < 4.78 is 6.38. The Morgan fingerprint density at radius 1 is 1.30 bits per heavy atom. The second-order valence-electron chi connectivity index (χ2n) is 8.34. The Labute approximate surface area is 195 Å². The lowest BCUT2D eigenvalue weighted by Crippen LogP contribution is -2.49. The lowest BCUT2D eigenvalue weighted by atomic mass is 10.1. The van der Waals surface area contributed by atoms with Gasteiger partial charge in [0.15, 0.2) is 0 Å². The lowest BCUT2D eigenvalue weighted by Gasteiger charge is -2.30. The van der Waals surface area contributed by atoms with Crippen molar-refractivity contribution < 1.29 is 14.3 Å². The minimum absolute atomic E-state index is 0.133. The van der Waals surface area contributed by atoms with Crippen LogP contribution in [0.2, 0.25) is 0 Å². The summed E-state index contributed by atoms with van der Waals surface area (Å²) in [6, 6.07) is 5.44. The van der Waals surface area contributed by atoms with E-state index in [0.717, 1.165) is 36.2 Å². The largest absolute Gasteiger partial charge is 0.378 e. The molecule has 2 aromatic rings. The summed E-state index contributed by atoms with van der Waals surface area (Å²) in [6.45, 7) is 4.38. The number of guanidine groups is 1. The van der Waals surface area contributed by atoms with E-state index in [2.05, 4.69) is 16.0 Å². The van der Waals surface area contributed by atoms with Gasteiger partial charge >= 0.3 is 0 Å². The number of carbonyl (C=O) groups is 2. The van der Waals surface area contributed by atoms with Gasteiger partial charge in [-0.2, -0.15) is 4.99 Å². The fraction of sp³-hybridized carbons (Fsp3) is 0.455. The molecule has 3 aliphatic rings. The van der Waals surface area contributed by atoms with E-state index < -0.39 is 5.91 Å². The van der Waals surface area contributed by atoms with Crippen molar-refractivity contribution in [3.63, 3.8) is 0 Å². The standard InChI is InChI=1S/C22H27N7O3S/c23-19(31)13-3-4-17-16(10-13)26-21(33-17)15-11-18(30)27-22(29-6-8-32-9-7-29)28-20(15)25-14-2-1-5-24-12-14/h3-4,10,14,24-25H,1-2,5-9,11-12H2,(H2,23,31)(H,27,28,30). The van der Waals surface area contributed by atoms with Gasteiger partial charge in [0, 0.05) is 36.8 Å². The number of amides is 2. The van der Waals surface area contributed by atoms with Crippen LogP contribution >= 0.6 is 11.3 Å². The number of piperidine rings is 1. The van der Waals surface area contributed by atoms with Crippen LogP contribution in [0, 0.1) is 0 Å². The van der Waals surface area contributed by atoms with Crippen LogP contribution in [0.4, 0.5) is 0 Å². The maximum absolute atomic E-state index is 12.9. The van der Waals surface area contributed by atoms with Gasteiger partial charge in [0.25, 0.3) is 0 Å². The second kappa shape index (κ2) is 9.46. The number of thiazole rings is 1. The molecule has 0 aliphatic carbocycles. The molecule has 10 nitrogen and oxygen atoms in total. The Bertz CT molecular complexity index is 1130. The van der Waals surface area contributed by atoms with Gasteiger partial charge in [-0.05, 0) is 37.6 Å². The molecular formula is C22H27N7O3S. The second-order valence-corrected chi connectivity index (χ2v) is 9.37.